The monoisotopic (exact) mass is 216 g/mol. The van der Waals surface area contributed by atoms with Crippen LogP contribution in [0.2, 0.25) is 0 Å². The van der Waals surface area contributed by atoms with E-state index in [0.29, 0.717) is 0 Å². The van der Waals surface area contributed by atoms with Crippen molar-refractivity contribution in [1.82, 2.24) is 0 Å². The summed E-state index contributed by atoms with van der Waals surface area (Å²) in [5.74, 6) is 0. The largest absolute Gasteiger partial charge is 0.297 e. The molecule has 0 aromatic carbocycles. The third-order valence-electron chi connectivity index (χ3n) is 1.85. The first kappa shape index (κ1) is 11.1. The van der Waals surface area contributed by atoms with Crippen molar-refractivity contribution in [2.75, 3.05) is 7.11 Å². The zero-order chi connectivity index (χ0) is 10.6. The normalized spacial score (nSPS) is 11.6. The van der Waals surface area contributed by atoms with Crippen molar-refractivity contribution in [3.63, 3.8) is 0 Å². The van der Waals surface area contributed by atoms with Gasteiger partial charge in [-0.2, -0.15) is 8.42 Å². The van der Waals surface area contributed by atoms with Gasteiger partial charge in [-0.1, -0.05) is 6.92 Å². The second kappa shape index (κ2) is 4.52. The highest BCUT2D eigenvalue weighted by molar-refractivity contribution is 7.86. The molecular formula is C9H14NO3S+. The van der Waals surface area contributed by atoms with Crippen molar-refractivity contribution < 1.29 is 17.2 Å². The highest BCUT2D eigenvalue weighted by atomic mass is 32.2. The summed E-state index contributed by atoms with van der Waals surface area (Å²) in [4.78, 5) is 0.187. The van der Waals surface area contributed by atoms with E-state index in [4.69, 9.17) is 0 Å². The molecular weight excluding hydrogens is 202 g/mol. The second-order valence-electron chi connectivity index (χ2n) is 2.89. The first-order valence-electron chi connectivity index (χ1n) is 4.40. The van der Waals surface area contributed by atoms with Crippen LogP contribution in [-0.4, -0.2) is 15.5 Å². The number of hydrogen-bond donors (Lipinski definition) is 0. The quantitative estimate of drug-likeness (QED) is 0.550. The summed E-state index contributed by atoms with van der Waals surface area (Å²) in [5.41, 5.74) is 0. The third kappa shape index (κ3) is 2.52. The maximum atomic E-state index is 11.2. The smallest absolute Gasteiger partial charge is 0.270 e. The molecule has 4 nitrogen and oxygen atoms in total. The molecule has 0 saturated heterocycles. The van der Waals surface area contributed by atoms with Crippen LogP contribution in [0.1, 0.15) is 13.3 Å². The Morgan fingerprint density at radius 3 is 2.36 bits per heavy atom. The molecule has 0 aliphatic heterocycles. The van der Waals surface area contributed by atoms with Crippen molar-refractivity contribution in [3.05, 3.63) is 24.5 Å². The highest BCUT2D eigenvalue weighted by Crippen LogP contribution is 2.07. The molecule has 14 heavy (non-hydrogen) atoms. The van der Waals surface area contributed by atoms with E-state index in [0.717, 1.165) is 20.1 Å². The number of aryl methyl sites for hydroxylation is 1. The maximum Gasteiger partial charge on any atom is 0.297 e. The number of pyridine rings is 1. The van der Waals surface area contributed by atoms with Gasteiger partial charge in [0.1, 0.15) is 11.4 Å². The Balaban J connectivity index is 2.94. The van der Waals surface area contributed by atoms with Gasteiger partial charge in [-0.05, 0) is 0 Å². The van der Waals surface area contributed by atoms with Gasteiger partial charge in [0.2, 0.25) is 0 Å². The van der Waals surface area contributed by atoms with Crippen LogP contribution in [-0.2, 0) is 20.8 Å². The highest BCUT2D eigenvalue weighted by Gasteiger charge is 2.13. The Bertz CT molecular complexity index is 383. The van der Waals surface area contributed by atoms with Gasteiger partial charge < -0.3 is 0 Å². The molecule has 1 aromatic rings. The summed E-state index contributed by atoms with van der Waals surface area (Å²) in [6.45, 7) is 2.94. The summed E-state index contributed by atoms with van der Waals surface area (Å²) < 4.78 is 28.8. The summed E-state index contributed by atoms with van der Waals surface area (Å²) in [6.07, 6.45) is 4.48. The van der Waals surface area contributed by atoms with Crippen LogP contribution >= 0.6 is 0 Å². The van der Waals surface area contributed by atoms with E-state index in [-0.39, 0.29) is 4.90 Å². The van der Waals surface area contributed by atoms with Crippen molar-refractivity contribution in [3.8, 4) is 0 Å². The van der Waals surface area contributed by atoms with Crippen molar-refractivity contribution >= 4 is 10.1 Å². The molecule has 0 spiro atoms. The molecule has 0 bridgehead atoms. The van der Waals surface area contributed by atoms with Gasteiger partial charge in [-0.3, -0.25) is 4.18 Å². The number of hydrogen-bond acceptors (Lipinski definition) is 3. The van der Waals surface area contributed by atoms with Crippen LogP contribution in [0.3, 0.4) is 0 Å². The molecule has 0 aliphatic carbocycles. The molecule has 1 rings (SSSR count). The van der Waals surface area contributed by atoms with Crippen LogP contribution < -0.4 is 4.57 Å². The zero-order valence-corrected chi connectivity index (χ0v) is 9.12. The topological polar surface area (TPSA) is 47.2 Å². The maximum absolute atomic E-state index is 11.2. The average molecular weight is 216 g/mol. The molecule has 0 fully saturated rings. The van der Waals surface area contributed by atoms with Gasteiger partial charge in [0.25, 0.3) is 10.1 Å². The van der Waals surface area contributed by atoms with Gasteiger partial charge in [0.15, 0.2) is 12.4 Å². The Labute approximate surface area is 84.3 Å². The lowest BCUT2D eigenvalue weighted by atomic mass is 10.4. The Kier molecular flexibility index (Phi) is 3.60. The molecule has 1 aromatic heterocycles. The van der Waals surface area contributed by atoms with E-state index < -0.39 is 10.1 Å². The van der Waals surface area contributed by atoms with Gasteiger partial charge in [-0.25, -0.2) is 4.57 Å². The molecule has 0 unspecified atom stereocenters. The van der Waals surface area contributed by atoms with E-state index in [2.05, 4.69) is 11.1 Å². The second-order valence-corrected chi connectivity index (χ2v) is 4.61. The minimum atomic E-state index is -3.54. The molecule has 5 heteroatoms. The van der Waals surface area contributed by atoms with Crippen LogP contribution in [0.5, 0.6) is 0 Å². The zero-order valence-electron chi connectivity index (χ0n) is 8.30. The average Bonchev–Trinajstić information content (AvgIpc) is 2.19. The first-order valence-corrected chi connectivity index (χ1v) is 5.80. The lowest BCUT2D eigenvalue weighted by Crippen LogP contribution is -2.32. The van der Waals surface area contributed by atoms with E-state index in [1.807, 2.05) is 4.57 Å². The van der Waals surface area contributed by atoms with Crippen molar-refractivity contribution in [2.45, 2.75) is 24.8 Å². The fourth-order valence-corrected chi connectivity index (χ4v) is 1.76. The number of rotatable bonds is 4. The minimum Gasteiger partial charge on any atom is -0.270 e. The van der Waals surface area contributed by atoms with Crippen LogP contribution in [0.4, 0.5) is 0 Å². The Morgan fingerprint density at radius 2 is 1.93 bits per heavy atom. The molecule has 0 radical (unpaired) electrons. The molecule has 1 heterocycles. The van der Waals surface area contributed by atoms with Crippen molar-refractivity contribution in [1.29, 1.82) is 0 Å². The van der Waals surface area contributed by atoms with E-state index >= 15 is 0 Å². The van der Waals surface area contributed by atoms with Crippen LogP contribution in [0, 0.1) is 0 Å². The predicted molar refractivity (Wildman–Crippen MR) is 51.1 cm³/mol. The fraction of sp³-hybridized carbons (Fsp3) is 0.444. The summed E-state index contributed by atoms with van der Waals surface area (Å²) >= 11 is 0. The minimum absolute atomic E-state index is 0.187. The van der Waals surface area contributed by atoms with E-state index in [1.165, 1.54) is 12.1 Å². The summed E-state index contributed by atoms with van der Waals surface area (Å²) in [6, 6.07) is 3.07. The first-order chi connectivity index (χ1) is 6.60. The van der Waals surface area contributed by atoms with Gasteiger partial charge >= 0.3 is 0 Å². The SMILES string of the molecule is CCC[n+]1ccc(S(=O)(=O)OC)cc1. The van der Waals surface area contributed by atoms with Gasteiger partial charge in [0, 0.05) is 18.6 Å². The standard InChI is InChI=1S/C9H14NO3S/c1-3-6-10-7-4-9(5-8-10)14(11,12)13-2/h4-5,7-8H,3,6H2,1-2H3/q+1. The molecule has 0 saturated carbocycles. The molecule has 0 aliphatic rings. The Morgan fingerprint density at radius 1 is 1.36 bits per heavy atom. The molecule has 0 N–H and O–H groups in total. The fourth-order valence-electron chi connectivity index (χ4n) is 1.11. The number of aromatic nitrogens is 1. The third-order valence-corrected chi connectivity index (χ3v) is 3.14. The lowest BCUT2D eigenvalue weighted by molar-refractivity contribution is -0.697. The summed E-state index contributed by atoms with van der Waals surface area (Å²) in [7, 11) is -2.39. The van der Waals surface area contributed by atoms with Crippen molar-refractivity contribution in [2.24, 2.45) is 0 Å². The van der Waals surface area contributed by atoms with Crippen LogP contribution in [0.25, 0.3) is 0 Å². The molecule has 78 valence electrons. The van der Waals surface area contributed by atoms with E-state index in [9.17, 15) is 8.42 Å². The lowest BCUT2D eigenvalue weighted by Gasteiger charge is -1.99. The summed E-state index contributed by atoms with van der Waals surface area (Å²) in [5, 5.41) is 0. The molecule has 0 amide bonds. The van der Waals surface area contributed by atoms with Gasteiger partial charge in [-0.15, -0.1) is 0 Å². The number of nitrogens with zero attached hydrogens (tertiary/aromatic N) is 1. The van der Waals surface area contributed by atoms with Crippen LogP contribution in [0.15, 0.2) is 29.4 Å². The van der Waals surface area contributed by atoms with E-state index in [1.54, 1.807) is 12.4 Å². The predicted octanol–water partition coefficient (Wildman–Crippen LogP) is 0.719. The Hall–Kier alpha value is -0.940. The van der Waals surface area contributed by atoms with Gasteiger partial charge in [0.05, 0.1) is 7.11 Å². The molecule has 0 atom stereocenters.